The monoisotopic (exact) mass is 224 g/mol. The number of hydrogen-bond donors (Lipinski definition) is 1. The van der Waals surface area contributed by atoms with Gasteiger partial charge in [-0.25, -0.2) is 4.79 Å². The van der Waals surface area contributed by atoms with Gasteiger partial charge >= 0.3 is 5.97 Å². The summed E-state index contributed by atoms with van der Waals surface area (Å²) in [6, 6.07) is 4.73. The highest BCUT2D eigenvalue weighted by molar-refractivity contribution is 5.88. The van der Waals surface area contributed by atoms with E-state index >= 15 is 0 Å². The maximum absolute atomic E-state index is 10.8. The minimum atomic E-state index is -0.951. The molecular formula is C12H16O4. The predicted molar refractivity (Wildman–Crippen MR) is 59.9 cm³/mol. The van der Waals surface area contributed by atoms with E-state index in [2.05, 4.69) is 0 Å². The fourth-order valence-corrected chi connectivity index (χ4v) is 1.28. The first-order valence-corrected chi connectivity index (χ1v) is 5.06. The minimum absolute atomic E-state index is 0.0955. The topological polar surface area (TPSA) is 55.8 Å². The molecule has 0 radical (unpaired) electrons. The molecular weight excluding hydrogens is 208 g/mol. The highest BCUT2D eigenvalue weighted by atomic mass is 16.5. The van der Waals surface area contributed by atoms with Crippen molar-refractivity contribution in [3.63, 3.8) is 0 Å². The summed E-state index contributed by atoms with van der Waals surface area (Å²) in [5.41, 5.74) is 0.985. The third-order valence-electron chi connectivity index (χ3n) is 2.10. The van der Waals surface area contributed by atoms with Crippen LogP contribution < -0.4 is 4.74 Å². The Hall–Kier alpha value is -1.55. The molecule has 1 N–H and O–H groups in total. The van der Waals surface area contributed by atoms with E-state index in [4.69, 9.17) is 14.6 Å². The molecule has 0 atom stereocenters. The van der Waals surface area contributed by atoms with Crippen LogP contribution in [0.2, 0.25) is 0 Å². The lowest BCUT2D eigenvalue weighted by Crippen LogP contribution is -2.05. The molecule has 0 spiro atoms. The molecule has 1 aromatic rings. The van der Waals surface area contributed by atoms with Crippen LogP contribution in [0.3, 0.4) is 0 Å². The average Bonchev–Trinajstić information content (AvgIpc) is 2.25. The second-order valence-electron chi connectivity index (χ2n) is 3.69. The largest absolute Gasteiger partial charge is 0.496 e. The van der Waals surface area contributed by atoms with Gasteiger partial charge in [0.05, 0.1) is 25.4 Å². The lowest BCUT2D eigenvalue weighted by Gasteiger charge is -2.11. The van der Waals surface area contributed by atoms with Gasteiger partial charge in [0, 0.05) is 5.56 Å². The van der Waals surface area contributed by atoms with Crippen molar-refractivity contribution in [1.82, 2.24) is 0 Å². The normalized spacial score (nSPS) is 10.5. The average molecular weight is 224 g/mol. The highest BCUT2D eigenvalue weighted by Crippen LogP contribution is 2.21. The predicted octanol–water partition coefficient (Wildman–Crippen LogP) is 2.32. The summed E-state index contributed by atoms with van der Waals surface area (Å²) in [6.07, 6.45) is 0.0955. The fraction of sp³-hybridized carbons (Fsp3) is 0.417. The Balaban J connectivity index is 2.93. The SMILES string of the molecule is COc1ccc(C(=O)O)cc1COC(C)C. The maximum Gasteiger partial charge on any atom is 0.335 e. The van der Waals surface area contributed by atoms with Crippen LogP contribution in [-0.2, 0) is 11.3 Å². The van der Waals surface area contributed by atoms with Gasteiger partial charge in [-0.15, -0.1) is 0 Å². The van der Waals surface area contributed by atoms with Crippen LogP contribution in [0.5, 0.6) is 5.75 Å². The van der Waals surface area contributed by atoms with Crippen LogP contribution in [0.1, 0.15) is 29.8 Å². The number of aromatic carboxylic acids is 1. The summed E-state index contributed by atoms with van der Waals surface area (Å²) in [4.78, 5) is 10.8. The van der Waals surface area contributed by atoms with Crippen molar-refractivity contribution in [3.05, 3.63) is 29.3 Å². The molecule has 0 saturated heterocycles. The first-order chi connectivity index (χ1) is 7.54. The molecule has 4 nitrogen and oxygen atoms in total. The first-order valence-electron chi connectivity index (χ1n) is 5.06. The van der Waals surface area contributed by atoms with Gasteiger partial charge < -0.3 is 14.6 Å². The molecule has 0 unspecified atom stereocenters. The van der Waals surface area contributed by atoms with E-state index in [1.54, 1.807) is 19.2 Å². The van der Waals surface area contributed by atoms with Crippen molar-refractivity contribution in [2.24, 2.45) is 0 Å². The van der Waals surface area contributed by atoms with E-state index in [-0.39, 0.29) is 11.7 Å². The second-order valence-corrected chi connectivity index (χ2v) is 3.69. The van der Waals surface area contributed by atoms with Gasteiger partial charge in [-0.05, 0) is 32.0 Å². The fourth-order valence-electron chi connectivity index (χ4n) is 1.28. The number of carboxylic acids is 1. The Labute approximate surface area is 94.8 Å². The molecule has 0 amide bonds. The van der Waals surface area contributed by atoms with Crippen molar-refractivity contribution in [2.75, 3.05) is 7.11 Å². The van der Waals surface area contributed by atoms with Crippen LogP contribution in [0.25, 0.3) is 0 Å². The van der Waals surface area contributed by atoms with Gasteiger partial charge in [0.25, 0.3) is 0 Å². The Morgan fingerprint density at radius 1 is 1.44 bits per heavy atom. The molecule has 0 fully saturated rings. The molecule has 1 rings (SSSR count). The quantitative estimate of drug-likeness (QED) is 0.833. The smallest absolute Gasteiger partial charge is 0.335 e. The van der Waals surface area contributed by atoms with Crippen LogP contribution >= 0.6 is 0 Å². The maximum atomic E-state index is 10.8. The number of methoxy groups -OCH3 is 1. The molecule has 0 aromatic heterocycles. The number of benzene rings is 1. The lowest BCUT2D eigenvalue weighted by atomic mass is 10.1. The highest BCUT2D eigenvalue weighted by Gasteiger charge is 2.09. The zero-order valence-corrected chi connectivity index (χ0v) is 9.69. The third kappa shape index (κ3) is 3.24. The number of carbonyl (C=O) groups is 1. The summed E-state index contributed by atoms with van der Waals surface area (Å²) < 4.78 is 10.6. The molecule has 0 saturated carbocycles. The summed E-state index contributed by atoms with van der Waals surface area (Å²) in [6.45, 7) is 4.20. The molecule has 88 valence electrons. The van der Waals surface area contributed by atoms with Gasteiger partial charge in [0.15, 0.2) is 0 Å². The molecule has 0 aliphatic heterocycles. The van der Waals surface area contributed by atoms with Gasteiger partial charge in [0.1, 0.15) is 5.75 Å². The minimum Gasteiger partial charge on any atom is -0.496 e. The molecule has 0 aliphatic carbocycles. The van der Waals surface area contributed by atoms with Crippen molar-refractivity contribution in [3.8, 4) is 5.75 Å². The number of hydrogen-bond acceptors (Lipinski definition) is 3. The molecule has 1 aromatic carbocycles. The van der Waals surface area contributed by atoms with Crippen LogP contribution in [0, 0.1) is 0 Å². The Morgan fingerprint density at radius 3 is 2.62 bits per heavy atom. The van der Waals surface area contributed by atoms with Crippen LogP contribution in [0.4, 0.5) is 0 Å². The van der Waals surface area contributed by atoms with Crippen molar-refractivity contribution in [1.29, 1.82) is 0 Å². The van der Waals surface area contributed by atoms with Gasteiger partial charge in [-0.3, -0.25) is 0 Å². The second kappa shape index (κ2) is 5.51. The molecule has 16 heavy (non-hydrogen) atoms. The summed E-state index contributed by atoms with van der Waals surface area (Å²) in [5, 5.41) is 8.87. The molecule has 0 aliphatic rings. The van der Waals surface area contributed by atoms with E-state index in [9.17, 15) is 4.79 Å². The Bertz CT molecular complexity index is 371. The van der Waals surface area contributed by atoms with Gasteiger partial charge in [-0.2, -0.15) is 0 Å². The third-order valence-corrected chi connectivity index (χ3v) is 2.10. The zero-order chi connectivity index (χ0) is 12.1. The van der Waals surface area contributed by atoms with E-state index in [0.717, 1.165) is 5.56 Å². The Morgan fingerprint density at radius 2 is 2.12 bits per heavy atom. The van der Waals surface area contributed by atoms with E-state index in [1.807, 2.05) is 13.8 Å². The van der Waals surface area contributed by atoms with Gasteiger partial charge in [-0.1, -0.05) is 0 Å². The molecule has 0 bridgehead atoms. The molecule has 4 heteroatoms. The summed E-state index contributed by atoms with van der Waals surface area (Å²) >= 11 is 0. The van der Waals surface area contributed by atoms with E-state index in [1.165, 1.54) is 6.07 Å². The lowest BCUT2D eigenvalue weighted by molar-refractivity contribution is 0.0641. The standard InChI is InChI=1S/C12H16O4/c1-8(2)16-7-10-6-9(12(13)14)4-5-11(10)15-3/h4-6,8H,7H2,1-3H3,(H,13,14). The van der Waals surface area contributed by atoms with Crippen molar-refractivity contribution >= 4 is 5.97 Å². The van der Waals surface area contributed by atoms with Crippen LogP contribution in [0.15, 0.2) is 18.2 Å². The summed E-state index contributed by atoms with van der Waals surface area (Å²) in [7, 11) is 1.55. The van der Waals surface area contributed by atoms with Gasteiger partial charge in [0.2, 0.25) is 0 Å². The number of carboxylic acid groups (broad SMARTS) is 1. The summed E-state index contributed by atoms with van der Waals surface area (Å²) in [5.74, 6) is -0.306. The molecule has 0 heterocycles. The van der Waals surface area contributed by atoms with Crippen LogP contribution in [-0.4, -0.2) is 24.3 Å². The van der Waals surface area contributed by atoms with Crippen molar-refractivity contribution < 1.29 is 19.4 Å². The van der Waals surface area contributed by atoms with E-state index < -0.39 is 5.97 Å². The number of ether oxygens (including phenoxy) is 2. The zero-order valence-electron chi connectivity index (χ0n) is 9.69. The van der Waals surface area contributed by atoms with E-state index in [0.29, 0.717) is 12.4 Å². The Kier molecular flexibility index (Phi) is 4.31. The first kappa shape index (κ1) is 12.5. The number of rotatable bonds is 5. The van der Waals surface area contributed by atoms with Crippen molar-refractivity contribution in [2.45, 2.75) is 26.6 Å².